The third-order valence-electron chi connectivity index (χ3n) is 4.82. The Morgan fingerprint density at radius 3 is 2.48 bits per heavy atom. The van der Waals surface area contributed by atoms with E-state index in [-0.39, 0.29) is 17.3 Å². The number of hydrogen-bond donors (Lipinski definition) is 2. The average molecular weight is 487 g/mol. The minimum atomic E-state index is -3.74. The van der Waals surface area contributed by atoms with Gasteiger partial charge in [0.05, 0.1) is 16.3 Å². The molecule has 33 heavy (non-hydrogen) atoms. The van der Waals surface area contributed by atoms with Crippen LogP contribution in [0.15, 0.2) is 65.6 Å². The van der Waals surface area contributed by atoms with Crippen molar-refractivity contribution in [2.24, 2.45) is 5.92 Å². The third kappa shape index (κ3) is 6.46. The van der Waals surface area contributed by atoms with Gasteiger partial charge in [0.25, 0.3) is 10.0 Å². The van der Waals surface area contributed by atoms with Crippen LogP contribution in [0.3, 0.4) is 0 Å². The zero-order valence-corrected chi connectivity index (χ0v) is 20.3. The molecule has 3 aromatic rings. The molecule has 0 radical (unpaired) electrons. The highest BCUT2D eigenvalue weighted by molar-refractivity contribution is 7.92. The zero-order chi connectivity index (χ0) is 24.0. The van der Waals surface area contributed by atoms with Gasteiger partial charge in [-0.1, -0.05) is 61.8 Å². The zero-order valence-electron chi connectivity index (χ0n) is 18.7. The van der Waals surface area contributed by atoms with Crippen LogP contribution in [0.2, 0.25) is 5.15 Å². The van der Waals surface area contributed by atoms with E-state index >= 15 is 0 Å². The molecule has 0 aliphatic heterocycles. The van der Waals surface area contributed by atoms with Gasteiger partial charge in [-0.3, -0.25) is 14.2 Å². The summed E-state index contributed by atoms with van der Waals surface area (Å²) >= 11 is 6.42. The Labute approximate surface area is 199 Å². The summed E-state index contributed by atoms with van der Waals surface area (Å²) in [6, 6.07) is 15.0. The number of rotatable bonds is 9. The van der Waals surface area contributed by atoms with Gasteiger partial charge in [0.2, 0.25) is 5.91 Å². The van der Waals surface area contributed by atoms with Crippen LogP contribution in [0.25, 0.3) is 6.08 Å². The number of carbonyl (C=O) groups excluding carboxylic acids is 1. The molecule has 0 unspecified atom stereocenters. The number of carbonyl (C=O) groups is 1. The van der Waals surface area contributed by atoms with Gasteiger partial charge in [0.1, 0.15) is 5.15 Å². The number of nitrogens with zero attached hydrogens (tertiary/aromatic N) is 2. The fraction of sp³-hybridized carbons (Fsp3) is 0.250. The second-order valence-electron chi connectivity index (χ2n) is 7.99. The van der Waals surface area contributed by atoms with Gasteiger partial charge < -0.3 is 5.32 Å². The molecule has 0 atom stereocenters. The summed E-state index contributed by atoms with van der Waals surface area (Å²) in [6.07, 6.45) is 3.03. The molecular formula is C24H27ClN4O3S. The van der Waals surface area contributed by atoms with E-state index < -0.39 is 10.0 Å². The van der Waals surface area contributed by atoms with Crippen LogP contribution >= 0.6 is 11.6 Å². The molecular weight excluding hydrogens is 460 g/mol. The van der Waals surface area contributed by atoms with Crippen molar-refractivity contribution in [2.45, 2.75) is 38.8 Å². The first-order valence-corrected chi connectivity index (χ1v) is 12.4. The number of para-hydroxylation sites is 1. The molecule has 0 bridgehead atoms. The van der Waals surface area contributed by atoms with Gasteiger partial charge in [-0.2, -0.15) is 5.10 Å². The highest BCUT2D eigenvalue weighted by Gasteiger charge is 2.16. The van der Waals surface area contributed by atoms with Crippen LogP contribution in [0, 0.1) is 12.8 Å². The Kier molecular flexibility index (Phi) is 7.94. The molecule has 0 fully saturated rings. The predicted octanol–water partition coefficient (Wildman–Crippen LogP) is 4.63. The largest absolute Gasteiger partial charge is 0.348 e. The molecule has 0 saturated carbocycles. The summed E-state index contributed by atoms with van der Waals surface area (Å²) in [5, 5.41) is 7.70. The Bertz CT molecular complexity index is 1250. The Hall–Kier alpha value is -3.10. The quantitative estimate of drug-likeness (QED) is 0.431. The van der Waals surface area contributed by atoms with E-state index in [2.05, 4.69) is 29.0 Å². The molecule has 9 heteroatoms. The first-order chi connectivity index (χ1) is 15.7. The number of halogens is 1. The van der Waals surface area contributed by atoms with Crippen molar-refractivity contribution < 1.29 is 13.2 Å². The van der Waals surface area contributed by atoms with Gasteiger partial charge in [0, 0.05) is 24.7 Å². The summed E-state index contributed by atoms with van der Waals surface area (Å²) in [7, 11) is -3.74. The van der Waals surface area contributed by atoms with E-state index in [1.165, 1.54) is 18.2 Å². The monoisotopic (exact) mass is 486 g/mol. The number of anilines is 1. The second-order valence-corrected chi connectivity index (χ2v) is 10.0. The van der Waals surface area contributed by atoms with Crippen LogP contribution < -0.4 is 10.0 Å². The Balaban J connectivity index is 1.68. The summed E-state index contributed by atoms with van der Waals surface area (Å²) in [4.78, 5) is 12.6. The van der Waals surface area contributed by atoms with Crippen molar-refractivity contribution in [3.63, 3.8) is 0 Å². The number of nitrogens with one attached hydrogen (secondary N) is 2. The van der Waals surface area contributed by atoms with Crippen LogP contribution in [0.1, 0.15) is 30.7 Å². The van der Waals surface area contributed by atoms with Gasteiger partial charge in [-0.25, -0.2) is 8.42 Å². The van der Waals surface area contributed by atoms with E-state index in [4.69, 9.17) is 11.6 Å². The Morgan fingerprint density at radius 2 is 1.79 bits per heavy atom. The van der Waals surface area contributed by atoms with Crippen LogP contribution in [0.5, 0.6) is 0 Å². The molecule has 1 heterocycles. The SMILES string of the molecule is Cc1nn(CC(C)C)c(Cl)c1/C=C/C(=O)NCc1ccccc1NS(=O)(=O)c1ccccc1. The minimum absolute atomic E-state index is 0.149. The molecule has 0 spiro atoms. The maximum Gasteiger partial charge on any atom is 0.261 e. The number of aryl methyl sites for hydroxylation is 1. The molecule has 1 aromatic heterocycles. The maximum absolute atomic E-state index is 12.7. The van der Waals surface area contributed by atoms with Gasteiger partial charge in [-0.05, 0) is 42.7 Å². The normalized spacial score (nSPS) is 11.8. The molecule has 0 aliphatic rings. The number of hydrogen-bond acceptors (Lipinski definition) is 4. The van der Waals surface area contributed by atoms with Crippen molar-refractivity contribution >= 4 is 39.3 Å². The smallest absolute Gasteiger partial charge is 0.261 e. The van der Waals surface area contributed by atoms with Crippen LogP contribution in [-0.2, 0) is 27.9 Å². The van der Waals surface area contributed by atoms with Crippen molar-refractivity contribution in [3.05, 3.63) is 82.6 Å². The topological polar surface area (TPSA) is 93.1 Å². The van der Waals surface area contributed by atoms with Gasteiger partial charge in [0.15, 0.2) is 0 Å². The number of amides is 1. The van der Waals surface area contributed by atoms with Gasteiger partial charge in [-0.15, -0.1) is 0 Å². The fourth-order valence-electron chi connectivity index (χ4n) is 3.20. The highest BCUT2D eigenvalue weighted by atomic mass is 35.5. The van der Waals surface area contributed by atoms with E-state index in [9.17, 15) is 13.2 Å². The predicted molar refractivity (Wildman–Crippen MR) is 131 cm³/mol. The minimum Gasteiger partial charge on any atom is -0.348 e. The molecule has 1 amide bonds. The molecule has 0 aliphatic carbocycles. The third-order valence-corrected chi connectivity index (χ3v) is 6.60. The van der Waals surface area contributed by atoms with E-state index in [0.717, 1.165) is 5.69 Å². The molecule has 2 N–H and O–H groups in total. The summed E-state index contributed by atoms with van der Waals surface area (Å²) in [6.45, 7) is 6.84. The molecule has 3 rings (SSSR count). The average Bonchev–Trinajstić information content (AvgIpc) is 3.03. The van der Waals surface area contributed by atoms with Crippen LogP contribution in [-0.4, -0.2) is 24.1 Å². The van der Waals surface area contributed by atoms with Crippen LogP contribution in [0.4, 0.5) is 5.69 Å². The van der Waals surface area contributed by atoms with Crippen molar-refractivity contribution in [3.8, 4) is 0 Å². The van der Waals surface area contributed by atoms with Gasteiger partial charge >= 0.3 is 0 Å². The summed E-state index contributed by atoms with van der Waals surface area (Å²) in [5.41, 5.74) is 2.48. The lowest BCUT2D eigenvalue weighted by molar-refractivity contribution is -0.116. The van der Waals surface area contributed by atoms with E-state index in [1.807, 2.05) is 6.92 Å². The molecule has 7 nitrogen and oxygen atoms in total. The van der Waals surface area contributed by atoms with Crippen molar-refractivity contribution in [1.29, 1.82) is 0 Å². The van der Waals surface area contributed by atoms with Crippen molar-refractivity contribution in [2.75, 3.05) is 4.72 Å². The molecule has 2 aromatic carbocycles. The second kappa shape index (κ2) is 10.7. The van der Waals surface area contributed by atoms with E-state index in [1.54, 1.807) is 53.2 Å². The molecule has 174 valence electrons. The van der Waals surface area contributed by atoms with Crippen molar-refractivity contribution in [1.82, 2.24) is 15.1 Å². The highest BCUT2D eigenvalue weighted by Crippen LogP contribution is 2.23. The standard InChI is InChI=1S/C24H27ClN4O3S/c1-17(2)16-29-24(25)21(18(3)27-29)13-14-23(30)26-15-19-9-7-8-12-22(19)28-33(31,32)20-10-5-4-6-11-20/h4-14,17,28H,15-16H2,1-3H3,(H,26,30)/b14-13+. The number of sulfonamides is 1. The lowest BCUT2D eigenvalue weighted by Crippen LogP contribution is -2.22. The first-order valence-electron chi connectivity index (χ1n) is 10.5. The summed E-state index contributed by atoms with van der Waals surface area (Å²) < 4.78 is 29.6. The first kappa shape index (κ1) is 24.5. The lowest BCUT2D eigenvalue weighted by Gasteiger charge is -2.13. The summed E-state index contributed by atoms with van der Waals surface area (Å²) in [5.74, 6) is 0.0594. The lowest BCUT2D eigenvalue weighted by atomic mass is 10.2. The molecule has 0 saturated heterocycles. The maximum atomic E-state index is 12.7. The Morgan fingerprint density at radius 1 is 1.12 bits per heavy atom. The number of benzene rings is 2. The fourth-order valence-corrected chi connectivity index (χ4v) is 4.63. The van der Waals surface area contributed by atoms with E-state index in [0.29, 0.717) is 34.4 Å². The number of aromatic nitrogens is 2.